The second kappa shape index (κ2) is 22.4. The number of aromatic carboxylic acids is 1. The number of methoxy groups -OCH3 is 3. The number of benzene rings is 4. The average Bonchev–Trinajstić information content (AvgIpc) is 3.66. The number of thioether (sulfide) groups is 2. The SMILES string of the molecule is COC(=O)c1ccc(COC(C)=O)c(SCc2ccc(OC)cc2)c1.COc1ccc(CSc2cc(C(=O)O)ccc2CO)cc1.OC1CCCO1. The van der Waals surface area contributed by atoms with Crippen LogP contribution >= 0.6 is 23.5 Å². The minimum absolute atomic E-state index is 0.106. The Bertz CT molecular complexity index is 1720. The number of hydrogen-bond donors (Lipinski definition) is 3. The molecule has 0 aromatic heterocycles. The lowest BCUT2D eigenvalue weighted by Gasteiger charge is -2.11. The van der Waals surface area contributed by atoms with Crippen molar-refractivity contribution in [2.75, 3.05) is 27.9 Å². The van der Waals surface area contributed by atoms with Crippen LogP contribution in [0.3, 0.4) is 0 Å². The van der Waals surface area contributed by atoms with Crippen molar-refractivity contribution in [3.63, 3.8) is 0 Å². The predicted octanol–water partition coefficient (Wildman–Crippen LogP) is 7.13. The fraction of sp³-hybridized carbons (Fsp3) is 0.308. The Hall–Kier alpha value is -4.53. The number of hydrogen-bond acceptors (Lipinski definition) is 12. The van der Waals surface area contributed by atoms with Gasteiger partial charge in [0.2, 0.25) is 0 Å². The van der Waals surface area contributed by atoms with Gasteiger partial charge in [-0.15, -0.1) is 23.5 Å². The zero-order chi connectivity index (χ0) is 37.9. The lowest BCUT2D eigenvalue weighted by molar-refractivity contribution is -0.142. The van der Waals surface area contributed by atoms with Crippen LogP contribution in [0, 0.1) is 0 Å². The van der Waals surface area contributed by atoms with E-state index < -0.39 is 18.2 Å². The molecule has 278 valence electrons. The second-order valence-electron chi connectivity index (χ2n) is 11.1. The Morgan fingerprint density at radius 3 is 1.71 bits per heavy atom. The van der Waals surface area contributed by atoms with Gasteiger partial charge < -0.3 is 39.0 Å². The van der Waals surface area contributed by atoms with Crippen LogP contribution in [0.25, 0.3) is 0 Å². The highest BCUT2D eigenvalue weighted by Crippen LogP contribution is 2.30. The summed E-state index contributed by atoms with van der Waals surface area (Å²) in [6.45, 7) is 2.17. The number of carbonyl (C=O) groups is 3. The molecule has 13 heteroatoms. The van der Waals surface area contributed by atoms with Gasteiger partial charge in [-0.05, 0) is 71.6 Å². The van der Waals surface area contributed by atoms with Crippen molar-refractivity contribution >= 4 is 41.4 Å². The van der Waals surface area contributed by atoms with Crippen molar-refractivity contribution in [2.45, 2.75) is 60.6 Å². The van der Waals surface area contributed by atoms with Gasteiger partial charge in [-0.1, -0.05) is 36.4 Å². The first kappa shape index (κ1) is 41.9. The van der Waals surface area contributed by atoms with Crippen molar-refractivity contribution in [1.82, 2.24) is 0 Å². The summed E-state index contributed by atoms with van der Waals surface area (Å²) in [7, 11) is 4.59. The maximum atomic E-state index is 11.8. The first-order valence-corrected chi connectivity index (χ1v) is 18.2. The van der Waals surface area contributed by atoms with Crippen LogP contribution in [-0.4, -0.2) is 67.5 Å². The fourth-order valence-electron chi connectivity index (χ4n) is 4.51. The summed E-state index contributed by atoms with van der Waals surface area (Å²) >= 11 is 3.07. The highest BCUT2D eigenvalue weighted by Gasteiger charge is 2.13. The van der Waals surface area contributed by atoms with Crippen molar-refractivity contribution in [3.05, 3.63) is 118 Å². The summed E-state index contributed by atoms with van der Waals surface area (Å²) in [5, 5.41) is 26.9. The number of rotatable bonds is 13. The van der Waals surface area contributed by atoms with Crippen LogP contribution in [0.1, 0.15) is 62.7 Å². The van der Waals surface area contributed by atoms with Crippen LogP contribution in [-0.2, 0) is 43.7 Å². The molecule has 11 nitrogen and oxygen atoms in total. The molecule has 0 spiro atoms. The molecule has 5 rings (SSSR count). The summed E-state index contributed by atoms with van der Waals surface area (Å²) < 4.78 is 24.8. The van der Waals surface area contributed by atoms with Crippen molar-refractivity contribution in [1.29, 1.82) is 0 Å². The molecule has 1 heterocycles. The van der Waals surface area contributed by atoms with E-state index in [4.69, 9.17) is 33.9 Å². The summed E-state index contributed by atoms with van der Waals surface area (Å²) in [5.74, 6) is 1.30. The van der Waals surface area contributed by atoms with E-state index in [2.05, 4.69) is 0 Å². The van der Waals surface area contributed by atoms with Gasteiger partial charge in [0, 0.05) is 46.8 Å². The molecule has 0 saturated carbocycles. The Kier molecular flexibility index (Phi) is 18.1. The third-order valence-corrected chi connectivity index (χ3v) is 9.75. The van der Waals surface area contributed by atoms with Gasteiger partial charge in [-0.3, -0.25) is 4.79 Å². The van der Waals surface area contributed by atoms with Gasteiger partial charge in [0.25, 0.3) is 0 Å². The van der Waals surface area contributed by atoms with Crippen LogP contribution in [0.5, 0.6) is 11.5 Å². The normalized spacial score (nSPS) is 13.1. The first-order chi connectivity index (χ1) is 25.1. The standard InChI is InChI=1S/C19H20O5S.C16H16O4S.C4H8O2/c1-13(20)24-11-16-7-6-15(19(21)23-3)10-18(16)25-12-14-4-8-17(22-2)9-5-14;1-20-14-6-2-11(3-7-14)10-21-15-8-12(16(18)19)4-5-13(15)9-17;5-4-2-1-3-6-4/h4-10H,11-12H2,1-3H3;2-8,17H,9-10H2,1H3,(H,18,19);4-5H,1-3H2. The maximum Gasteiger partial charge on any atom is 0.337 e. The Labute approximate surface area is 312 Å². The van der Waals surface area contributed by atoms with Gasteiger partial charge in [0.1, 0.15) is 18.1 Å². The molecular formula is C39H44O11S2. The van der Waals surface area contributed by atoms with Crippen molar-refractivity contribution in [3.8, 4) is 11.5 Å². The third kappa shape index (κ3) is 14.2. The number of carboxylic acid groups (broad SMARTS) is 1. The van der Waals surface area contributed by atoms with Crippen molar-refractivity contribution in [2.24, 2.45) is 0 Å². The smallest absolute Gasteiger partial charge is 0.337 e. The molecule has 0 aliphatic carbocycles. The van der Waals surface area contributed by atoms with Gasteiger partial charge in [0.15, 0.2) is 6.29 Å². The highest BCUT2D eigenvalue weighted by atomic mass is 32.2. The van der Waals surface area contributed by atoms with E-state index in [1.54, 1.807) is 56.3 Å². The van der Waals surface area contributed by atoms with E-state index in [0.717, 1.165) is 63.0 Å². The number of aliphatic hydroxyl groups is 2. The third-order valence-electron chi connectivity index (χ3n) is 7.42. The van der Waals surface area contributed by atoms with Crippen LogP contribution in [0.15, 0.2) is 94.7 Å². The maximum absolute atomic E-state index is 11.8. The number of aliphatic hydroxyl groups excluding tert-OH is 2. The largest absolute Gasteiger partial charge is 0.497 e. The Balaban J connectivity index is 0.000000243. The van der Waals surface area contributed by atoms with E-state index in [1.165, 1.54) is 31.9 Å². The highest BCUT2D eigenvalue weighted by molar-refractivity contribution is 7.98. The van der Waals surface area contributed by atoms with Crippen molar-refractivity contribution < 1.29 is 53.4 Å². The topological polar surface area (TPSA) is 158 Å². The molecule has 0 amide bonds. The molecule has 0 radical (unpaired) electrons. The molecule has 1 aliphatic heterocycles. The quantitative estimate of drug-likeness (QED) is 0.0937. The number of carboxylic acids is 1. The molecule has 1 atom stereocenters. The van der Waals surface area contributed by atoms with Gasteiger partial charge in [-0.2, -0.15) is 0 Å². The molecule has 1 saturated heterocycles. The van der Waals surface area contributed by atoms with E-state index in [1.807, 2.05) is 48.5 Å². The molecule has 0 bridgehead atoms. The van der Waals surface area contributed by atoms with Gasteiger partial charge in [0.05, 0.1) is 39.1 Å². The Morgan fingerprint density at radius 1 is 0.769 bits per heavy atom. The monoisotopic (exact) mass is 752 g/mol. The first-order valence-electron chi connectivity index (χ1n) is 16.2. The zero-order valence-electron chi connectivity index (χ0n) is 29.5. The summed E-state index contributed by atoms with van der Waals surface area (Å²) in [6, 6.07) is 25.5. The summed E-state index contributed by atoms with van der Waals surface area (Å²) in [4.78, 5) is 35.5. The predicted molar refractivity (Wildman–Crippen MR) is 199 cm³/mol. The number of carbonyl (C=O) groups excluding carboxylic acids is 2. The van der Waals surface area contributed by atoms with Crippen LogP contribution in [0.4, 0.5) is 0 Å². The number of esters is 2. The van der Waals surface area contributed by atoms with E-state index >= 15 is 0 Å². The summed E-state index contributed by atoms with van der Waals surface area (Å²) in [5.41, 5.74) is 4.49. The molecule has 3 N–H and O–H groups in total. The molecule has 1 fully saturated rings. The lowest BCUT2D eigenvalue weighted by atomic mass is 10.1. The lowest BCUT2D eigenvalue weighted by Crippen LogP contribution is -2.04. The number of ether oxygens (including phenoxy) is 5. The molecule has 4 aromatic rings. The fourth-order valence-corrected chi connectivity index (χ4v) is 6.59. The summed E-state index contributed by atoms with van der Waals surface area (Å²) in [6.07, 6.45) is 1.38. The van der Waals surface area contributed by atoms with E-state index in [0.29, 0.717) is 17.1 Å². The van der Waals surface area contributed by atoms with Gasteiger partial charge in [-0.25, -0.2) is 9.59 Å². The van der Waals surface area contributed by atoms with E-state index in [9.17, 15) is 19.5 Å². The Morgan fingerprint density at radius 2 is 1.29 bits per heavy atom. The van der Waals surface area contributed by atoms with Crippen LogP contribution in [0.2, 0.25) is 0 Å². The van der Waals surface area contributed by atoms with Gasteiger partial charge >= 0.3 is 17.9 Å². The molecule has 1 aliphatic rings. The van der Waals surface area contributed by atoms with E-state index in [-0.39, 0.29) is 24.7 Å². The second-order valence-corrected chi connectivity index (χ2v) is 13.2. The van der Waals surface area contributed by atoms with Crippen LogP contribution < -0.4 is 9.47 Å². The zero-order valence-corrected chi connectivity index (χ0v) is 31.2. The molecular weight excluding hydrogens is 709 g/mol. The molecule has 1 unspecified atom stereocenters. The minimum atomic E-state index is -0.967. The molecule has 4 aromatic carbocycles. The minimum Gasteiger partial charge on any atom is -0.497 e. The molecule has 52 heavy (non-hydrogen) atoms. The average molecular weight is 753 g/mol.